The van der Waals surface area contributed by atoms with Crippen LogP contribution in [-0.2, 0) is 0 Å². The van der Waals surface area contributed by atoms with Gasteiger partial charge in [0.15, 0.2) is 0 Å². The largest absolute Gasteiger partial charge is 0.312 e. The van der Waals surface area contributed by atoms with Gasteiger partial charge in [0.1, 0.15) is 11.6 Å². The number of hydrogen-bond acceptors (Lipinski definition) is 2. The molecule has 1 aromatic carbocycles. The zero-order valence-corrected chi connectivity index (χ0v) is 13.4. The van der Waals surface area contributed by atoms with E-state index in [1.54, 1.807) is 0 Å². The lowest BCUT2D eigenvalue weighted by atomic mass is 9.90. The fourth-order valence-electron chi connectivity index (χ4n) is 3.32. The SMILES string of the molecule is CC(C)N[C@@H]1CCN(C(C)C)[C@H](c2cc(F)cc(F)c2)C1. The second-order valence-corrected chi connectivity index (χ2v) is 6.59. The second kappa shape index (κ2) is 6.84. The number of benzene rings is 1. The summed E-state index contributed by atoms with van der Waals surface area (Å²) in [5, 5.41) is 3.56. The van der Waals surface area contributed by atoms with E-state index in [2.05, 4.69) is 37.9 Å². The molecule has 118 valence electrons. The molecule has 1 aromatic rings. The molecule has 2 atom stereocenters. The summed E-state index contributed by atoms with van der Waals surface area (Å²) in [4.78, 5) is 2.34. The highest BCUT2D eigenvalue weighted by Gasteiger charge is 2.31. The minimum absolute atomic E-state index is 0.0696. The van der Waals surface area contributed by atoms with E-state index < -0.39 is 11.6 Å². The van der Waals surface area contributed by atoms with Gasteiger partial charge in [0.05, 0.1) is 0 Å². The zero-order valence-electron chi connectivity index (χ0n) is 13.4. The Hall–Kier alpha value is -1.00. The van der Waals surface area contributed by atoms with Crippen molar-refractivity contribution in [3.63, 3.8) is 0 Å². The van der Waals surface area contributed by atoms with Crippen LogP contribution in [0.4, 0.5) is 8.78 Å². The van der Waals surface area contributed by atoms with Gasteiger partial charge in [-0.3, -0.25) is 4.90 Å². The van der Waals surface area contributed by atoms with Crippen LogP contribution in [0.15, 0.2) is 18.2 Å². The molecule has 1 saturated heterocycles. The lowest BCUT2D eigenvalue weighted by Gasteiger charge is -2.43. The summed E-state index contributed by atoms with van der Waals surface area (Å²) >= 11 is 0. The highest BCUT2D eigenvalue weighted by molar-refractivity contribution is 5.22. The molecule has 4 heteroatoms. The molecule has 0 aliphatic carbocycles. The van der Waals surface area contributed by atoms with E-state index in [4.69, 9.17) is 0 Å². The first-order valence-electron chi connectivity index (χ1n) is 7.84. The van der Waals surface area contributed by atoms with E-state index in [0.29, 0.717) is 18.1 Å². The van der Waals surface area contributed by atoms with Crippen LogP contribution >= 0.6 is 0 Å². The van der Waals surface area contributed by atoms with Crippen LogP contribution in [0.3, 0.4) is 0 Å². The number of hydrogen-bond donors (Lipinski definition) is 1. The third-order valence-corrected chi connectivity index (χ3v) is 4.15. The third-order valence-electron chi connectivity index (χ3n) is 4.15. The number of rotatable bonds is 4. The van der Waals surface area contributed by atoms with Gasteiger partial charge >= 0.3 is 0 Å². The molecule has 21 heavy (non-hydrogen) atoms. The van der Waals surface area contributed by atoms with Crippen molar-refractivity contribution in [2.24, 2.45) is 0 Å². The normalized spacial score (nSPS) is 24.0. The number of piperidine rings is 1. The minimum Gasteiger partial charge on any atom is -0.312 e. The number of nitrogens with one attached hydrogen (secondary N) is 1. The number of halogens is 2. The molecule has 1 N–H and O–H groups in total. The average Bonchev–Trinajstić information content (AvgIpc) is 2.36. The van der Waals surface area contributed by atoms with Gasteiger partial charge in [0.25, 0.3) is 0 Å². The summed E-state index contributed by atoms with van der Waals surface area (Å²) in [6.45, 7) is 9.49. The van der Waals surface area contributed by atoms with E-state index in [0.717, 1.165) is 31.0 Å². The summed E-state index contributed by atoms with van der Waals surface area (Å²) in [6.07, 6.45) is 1.96. The Morgan fingerprint density at radius 2 is 1.71 bits per heavy atom. The first-order chi connectivity index (χ1) is 9.86. The molecule has 1 heterocycles. The fraction of sp³-hybridized carbons (Fsp3) is 0.647. The second-order valence-electron chi connectivity index (χ2n) is 6.59. The fourth-order valence-corrected chi connectivity index (χ4v) is 3.32. The van der Waals surface area contributed by atoms with Gasteiger partial charge in [-0.2, -0.15) is 0 Å². The van der Waals surface area contributed by atoms with Crippen molar-refractivity contribution >= 4 is 0 Å². The van der Waals surface area contributed by atoms with Crippen molar-refractivity contribution in [2.45, 2.75) is 64.7 Å². The molecule has 1 aliphatic rings. The number of likely N-dealkylation sites (tertiary alicyclic amines) is 1. The van der Waals surface area contributed by atoms with Gasteiger partial charge in [-0.05, 0) is 44.4 Å². The van der Waals surface area contributed by atoms with Crippen LogP contribution < -0.4 is 5.32 Å². The van der Waals surface area contributed by atoms with Crippen LogP contribution in [0.5, 0.6) is 0 Å². The molecule has 0 radical (unpaired) electrons. The molecule has 1 fully saturated rings. The maximum absolute atomic E-state index is 13.5. The third kappa shape index (κ3) is 4.24. The maximum atomic E-state index is 13.5. The Labute approximate surface area is 126 Å². The molecular weight excluding hydrogens is 270 g/mol. The molecule has 0 unspecified atom stereocenters. The minimum atomic E-state index is -0.493. The summed E-state index contributed by atoms with van der Waals surface area (Å²) in [5.41, 5.74) is 0.747. The Morgan fingerprint density at radius 3 is 2.24 bits per heavy atom. The van der Waals surface area contributed by atoms with Crippen molar-refractivity contribution in [2.75, 3.05) is 6.54 Å². The van der Waals surface area contributed by atoms with Gasteiger partial charge < -0.3 is 5.32 Å². The van der Waals surface area contributed by atoms with Gasteiger partial charge in [-0.1, -0.05) is 13.8 Å². The van der Waals surface area contributed by atoms with Gasteiger partial charge in [0, 0.05) is 36.8 Å². The highest BCUT2D eigenvalue weighted by atomic mass is 19.1. The van der Waals surface area contributed by atoms with E-state index in [1.807, 2.05) is 0 Å². The molecular formula is C17H26F2N2. The lowest BCUT2D eigenvalue weighted by Crippen LogP contribution is -2.48. The monoisotopic (exact) mass is 296 g/mol. The first-order valence-corrected chi connectivity index (χ1v) is 7.84. The molecule has 0 saturated carbocycles. The van der Waals surface area contributed by atoms with Crippen molar-refractivity contribution in [1.82, 2.24) is 10.2 Å². The molecule has 0 aromatic heterocycles. The van der Waals surface area contributed by atoms with E-state index in [9.17, 15) is 8.78 Å². The molecule has 1 aliphatic heterocycles. The van der Waals surface area contributed by atoms with Crippen LogP contribution in [0.2, 0.25) is 0 Å². The summed E-state index contributed by atoms with van der Waals surface area (Å²) in [5.74, 6) is -0.986. The standard InChI is InChI=1S/C17H26F2N2/c1-11(2)20-16-5-6-21(12(3)4)17(10-16)13-7-14(18)9-15(19)8-13/h7-9,11-12,16-17,20H,5-6,10H2,1-4H3/t16-,17+/m1/s1. The summed E-state index contributed by atoms with van der Waals surface area (Å²) in [6, 6.07) is 5.14. The van der Waals surface area contributed by atoms with Crippen LogP contribution in [-0.4, -0.2) is 29.6 Å². The van der Waals surface area contributed by atoms with Gasteiger partial charge in [-0.15, -0.1) is 0 Å². The van der Waals surface area contributed by atoms with Crippen molar-refractivity contribution in [3.05, 3.63) is 35.4 Å². The van der Waals surface area contributed by atoms with E-state index in [1.165, 1.54) is 12.1 Å². The van der Waals surface area contributed by atoms with Crippen LogP contribution in [0, 0.1) is 11.6 Å². The Balaban J connectivity index is 2.24. The quantitative estimate of drug-likeness (QED) is 0.907. The van der Waals surface area contributed by atoms with Crippen LogP contribution in [0.1, 0.15) is 52.1 Å². The van der Waals surface area contributed by atoms with Gasteiger partial charge in [-0.25, -0.2) is 8.78 Å². The maximum Gasteiger partial charge on any atom is 0.126 e. The highest BCUT2D eigenvalue weighted by Crippen LogP contribution is 2.33. The van der Waals surface area contributed by atoms with Crippen molar-refractivity contribution in [3.8, 4) is 0 Å². The smallest absolute Gasteiger partial charge is 0.126 e. The van der Waals surface area contributed by atoms with E-state index in [-0.39, 0.29) is 6.04 Å². The summed E-state index contributed by atoms with van der Waals surface area (Å²) in [7, 11) is 0. The molecule has 2 rings (SSSR count). The van der Waals surface area contributed by atoms with Crippen molar-refractivity contribution in [1.29, 1.82) is 0 Å². The zero-order chi connectivity index (χ0) is 15.6. The molecule has 0 amide bonds. The predicted octanol–water partition coefficient (Wildman–Crippen LogP) is 3.88. The topological polar surface area (TPSA) is 15.3 Å². The average molecular weight is 296 g/mol. The van der Waals surface area contributed by atoms with Gasteiger partial charge in [0.2, 0.25) is 0 Å². The van der Waals surface area contributed by atoms with Crippen molar-refractivity contribution < 1.29 is 8.78 Å². The Morgan fingerprint density at radius 1 is 1.10 bits per heavy atom. The molecule has 0 bridgehead atoms. The molecule has 2 nitrogen and oxygen atoms in total. The van der Waals surface area contributed by atoms with E-state index >= 15 is 0 Å². The first kappa shape index (κ1) is 16.4. The van der Waals surface area contributed by atoms with Crippen LogP contribution in [0.25, 0.3) is 0 Å². The number of nitrogens with zero attached hydrogens (tertiary/aromatic N) is 1. The summed E-state index contributed by atoms with van der Waals surface area (Å²) < 4.78 is 27.1. The lowest BCUT2D eigenvalue weighted by molar-refractivity contribution is 0.0900. The molecule has 0 spiro atoms. The Bertz CT molecular complexity index is 454. The Kier molecular flexibility index (Phi) is 5.33. The predicted molar refractivity (Wildman–Crippen MR) is 82.2 cm³/mol.